The Kier molecular flexibility index (Phi) is 21.3. The summed E-state index contributed by atoms with van der Waals surface area (Å²) in [7, 11) is 0. The lowest BCUT2D eigenvalue weighted by atomic mass is 9.90. The Balaban J connectivity index is 1.28. The van der Waals surface area contributed by atoms with Crippen LogP contribution in [0.3, 0.4) is 0 Å². The minimum Gasteiger partial charge on any atom is -0.460 e. The molecule has 3 atom stereocenters. The molecule has 0 fully saturated rings. The fourth-order valence-corrected chi connectivity index (χ4v) is 6.42. The van der Waals surface area contributed by atoms with E-state index in [1.54, 1.807) is 36.4 Å². The highest BCUT2D eigenvalue weighted by Crippen LogP contribution is 2.18. The van der Waals surface area contributed by atoms with Crippen LogP contribution in [0.1, 0.15) is 67.2 Å². The summed E-state index contributed by atoms with van der Waals surface area (Å²) in [5, 5.41) is 8.39. The number of ether oxygens (including phenoxy) is 3. The maximum atomic E-state index is 13.7. The third kappa shape index (κ3) is 19.3. The molecule has 4 amide bonds. The zero-order valence-electron chi connectivity index (χ0n) is 35.0. The third-order valence-corrected chi connectivity index (χ3v) is 10.1. The Labute approximate surface area is 372 Å². The molecule has 7 N–H and O–H groups in total. The first-order valence-electron chi connectivity index (χ1n) is 20.7. The number of unbranched alkanes of at least 4 members (excludes halogenated alkanes) is 1. The van der Waals surface area contributed by atoms with Crippen LogP contribution in [0.15, 0.2) is 120 Å². The van der Waals surface area contributed by atoms with Crippen LogP contribution in [0.25, 0.3) is 0 Å². The molecule has 63 heavy (non-hydrogen) atoms. The lowest BCUT2D eigenvalue weighted by Gasteiger charge is -2.22. The first kappa shape index (κ1) is 49.1. The number of benzene rings is 4. The van der Waals surface area contributed by atoms with Crippen molar-refractivity contribution >= 4 is 53.2 Å². The summed E-state index contributed by atoms with van der Waals surface area (Å²) in [5.41, 5.74) is 15.0. The van der Waals surface area contributed by atoms with Crippen LogP contribution in [0.2, 0.25) is 5.02 Å². The molecule has 4 aromatic carbocycles. The zero-order valence-corrected chi connectivity index (χ0v) is 35.8. The summed E-state index contributed by atoms with van der Waals surface area (Å²) < 4.78 is 15.9. The van der Waals surface area contributed by atoms with Gasteiger partial charge in [-0.25, -0.2) is 9.59 Å². The molecule has 15 nitrogen and oxygen atoms in total. The van der Waals surface area contributed by atoms with Gasteiger partial charge in [0.05, 0.1) is 6.04 Å². The number of nitrogens with zero attached hydrogens (tertiary/aromatic N) is 1. The van der Waals surface area contributed by atoms with Gasteiger partial charge < -0.3 is 36.3 Å². The van der Waals surface area contributed by atoms with Gasteiger partial charge in [-0.1, -0.05) is 121 Å². The van der Waals surface area contributed by atoms with Crippen molar-refractivity contribution in [2.45, 2.75) is 83.3 Å². The van der Waals surface area contributed by atoms with Gasteiger partial charge in [0.1, 0.15) is 43.9 Å². The van der Waals surface area contributed by atoms with Crippen molar-refractivity contribution in [3.8, 4) is 0 Å². The highest BCUT2D eigenvalue weighted by Gasteiger charge is 2.28. The second-order valence-corrected chi connectivity index (χ2v) is 15.1. The SMILES string of the molecule is NC(=O)[C@H](CCCCNC(=O)OCc1ccccc1Cl)NC(=O)[C@@H](CC(=O)[C@H](N)CCCN=C(CC(=O)OCc1ccccc1)NC(=O)OCc1ccccc1)Cc1ccccc1. The van der Waals surface area contributed by atoms with Crippen molar-refractivity contribution in [3.63, 3.8) is 0 Å². The molecule has 0 spiro atoms. The smallest absolute Gasteiger partial charge is 0.412 e. The molecule has 0 saturated heterocycles. The number of hydrogen-bond donors (Lipinski definition) is 5. The number of rotatable bonds is 25. The number of hydrogen-bond acceptors (Lipinski definition) is 11. The molecule has 4 rings (SSSR count). The van der Waals surface area contributed by atoms with Gasteiger partial charge in [-0.2, -0.15) is 0 Å². The molecule has 0 saturated carbocycles. The summed E-state index contributed by atoms with van der Waals surface area (Å²) >= 11 is 6.11. The minimum absolute atomic E-state index is 0.00598. The van der Waals surface area contributed by atoms with E-state index >= 15 is 0 Å². The largest absolute Gasteiger partial charge is 0.460 e. The average Bonchev–Trinajstić information content (AvgIpc) is 3.28. The number of nitrogens with two attached hydrogens (primary N) is 2. The zero-order chi connectivity index (χ0) is 45.2. The van der Waals surface area contributed by atoms with Crippen molar-refractivity contribution in [1.82, 2.24) is 16.0 Å². The van der Waals surface area contributed by atoms with Crippen LogP contribution >= 0.6 is 11.6 Å². The predicted octanol–water partition coefficient (Wildman–Crippen LogP) is 6.09. The molecule has 0 radical (unpaired) electrons. The summed E-state index contributed by atoms with van der Waals surface area (Å²) in [6.07, 6.45) is -0.142. The number of halogens is 1. The van der Waals surface area contributed by atoms with Gasteiger partial charge in [0.25, 0.3) is 0 Å². The molecule has 0 aliphatic heterocycles. The second-order valence-electron chi connectivity index (χ2n) is 14.7. The molecule has 0 unspecified atom stereocenters. The Morgan fingerprint density at radius 3 is 1.89 bits per heavy atom. The van der Waals surface area contributed by atoms with Crippen molar-refractivity contribution in [2.24, 2.45) is 22.4 Å². The standard InChI is InChI=1S/C47H55ClN6O9/c48-38-22-11-10-21-36(38)32-63-46(59)52-25-13-12-24-40(44(50)57)53-45(58)37(27-33-15-4-1-5-16-33)28-41(55)39(49)23-14-26-51-42(29-43(56)61-30-34-17-6-2-7-18-34)54-47(60)62-31-35-19-8-3-9-20-35/h1-11,15-22,37,39-40H,12-14,23-32,49H2,(H2,50,57)(H,52,59)(H,53,58)(H,51,54,60)/t37-,39-,40+/m1/s1. The van der Waals surface area contributed by atoms with Crippen LogP contribution in [-0.4, -0.2) is 66.8 Å². The number of Topliss-reactive ketones (excluding diaryl/α,β-unsaturated/α-hetero) is 1. The lowest BCUT2D eigenvalue weighted by molar-refractivity contribution is -0.143. The van der Waals surface area contributed by atoms with Gasteiger partial charge in [0.2, 0.25) is 11.8 Å². The van der Waals surface area contributed by atoms with Gasteiger partial charge in [-0.05, 0) is 61.3 Å². The van der Waals surface area contributed by atoms with Crippen molar-refractivity contribution < 1.29 is 43.0 Å². The van der Waals surface area contributed by atoms with Crippen molar-refractivity contribution in [1.29, 1.82) is 0 Å². The Hall–Kier alpha value is -6.58. The number of ketones is 1. The number of amidine groups is 1. The molecule has 16 heteroatoms. The molecule has 0 aliphatic carbocycles. The number of nitrogens with one attached hydrogen (secondary N) is 3. The highest BCUT2D eigenvalue weighted by atomic mass is 35.5. The third-order valence-electron chi connectivity index (χ3n) is 9.71. The van der Waals surface area contributed by atoms with E-state index in [-0.39, 0.29) is 76.6 Å². The van der Waals surface area contributed by atoms with E-state index in [1.807, 2.05) is 78.9 Å². The van der Waals surface area contributed by atoms with Crippen LogP contribution in [-0.2, 0) is 59.6 Å². The average molecular weight is 883 g/mol. The Morgan fingerprint density at radius 1 is 0.667 bits per heavy atom. The number of esters is 1. The molecule has 4 aromatic rings. The number of alkyl carbamates (subject to hydrolysis) is 2. The minimum atomic E-state index is -1.02. The topological polar surface area (TPSA) is 231 Å². The normalized spacial score (nSPS) is 12.5. The van der Waals surface area contributed by atoms with Gasteiger partial charge in [-0.15, -0.1) is 0 Å². The maximum absolute atomic E-state index is 13.7. The fourth-order valence-electron chi connectivity index (χ4n) is 6.23. The molecule has 0 heterocycles. The van der Waals surface area contributed by atoms with Crippen LogP contribution in [0.5, 0.6) is 0 Å². The fraction of sp³-hybridized carbons (Fsp3) is 0.340. The quantitative estimate of drug-likeness (QED) is 0.0169. The molecular weight excluding hydrogens is 828 g/mol. The van der Waals surface area contributed by atoms with Crippen molar-refractivity contribution in [2.75, 3.05) is 13.1 Å². The summed E-state index contributed by atoms with van der Waals surface area (Å²) in [4.78, 5) is 81.5. The predicted molar refractivity (Wildman–Crippen MR) is 238 cm³/mol. The van der Waals surface area contributed by atoms with E-state index in [9.17, 15) is 28.8 Å². The number of carbonyl (C=O) groups excluding carboxylic acids is 6. The van der Waals surface area contributed by atoms with Gasteiger partial charge in [0.15, 0.2) is 0 Å². The van der Waals surface area contributed by atoms with Crippen LogP contribution in [0, 0.1) is 5.92 Å². The van der Waals surface area contributed by atoms with E-state index in [4.69, 9.17) is 37.3 Å². The van der Waals surface area contributed by atoms with Gasteiger partial charge >= 0.3 is 18.2 Å². The number of primary amides is 1. The summed E-state index contributed by atoms with van der Waals surface area (Å²) in [6, 6.07) is 32.4. The second kappa shape index (κ2) is 27.4. The van der Waals surface area contributed by atoms with Gasteiger partial charge in [-0.3, -0.25) is 29.5 Å². The molecular formula is C47H55ClN6O9. The first-order valence-corrected chi connectivity index (χ1v) is 21.1. The van der Waals surface area contributed by atoms with Gasteiger partial charge in [0, 0.05) is 36.0 Å². The lowest BCUT2D eigenvalue weighted by Crippen LogP contribution is -2.47. The van der Waals surface area contributed by atoms with E-state index in [1.165, 1.54) is 0 Å². The molecule has 334 valence electrons. The highest BCUT2D eigenvalue weighted by molar-refractivity contribution is 6.31. The maximum Gasteiger partial charge on any atom is 0.412 e. The Morgan fingerprint density at radius 2 is 1.25 bits per heavy atom. The van der Waals surface area contributed by atoms with Crippen LogP contribution in [0.4, 0.5) is 9.59 Å². The van der Waals surface area contributed by atoms with E-state index in [0.29, 0.717) is 29.8 Å². The van der Waals surface area contributed by atoms with Crippen molar-refractivity contribution in [3.05, 3.63) is 143 Å². The number of amides is 4. The first-order chi connectivity index (χ1) is 30.5. The number of aliphatic imine (C=N–C) groups is 1. The molecule has 0 bridgehead atoms. The Bertz CT molecular complexity index is 2050. The van der Waals surface area contributed by atoms with E-state index < -0.39 is 48.0 Å². The number of carbonyl (C=O) groups is 6. The monoisotopic (exact) mass is 882 g/mol. The molecule has 0 aromatic heterocycles. The summed E-state index contributed by atoms with van der Waals surface area (Å²) in [5.74, 6) is -3.08. The van der Waals surface area contributed by atoms with E-state index in [2.05, 4.69) is 20.9 Å². The van der Waals surface area contributed by atoms with Crippen LogP contribution < -0.4 is 27.4 Å². The van der Waals surface area contributed by atoms with E-state index in [0.717, 1.165) is 16.7 Å². The molecule has 0 aliphatic rings. The summed E-state index contributed by atoms with van der Waals surface area (Å²) in [6.45, 7) is 0.423.